The number of aromatic nitrogens is 1. The lowest BCUT2D eigenvalue weighted by Crippen LogP contribution is -2.61. The predicted molar refractivity (Wildman–Crippen MR) is 95.5 cm³/mol. The van der Waals surface area contributed by atoms with Crippen LogP contribution in [0.5, 0.6) is 0 Å². The fourth-order valence-corrected chi connectivity index (χ4v) is 5.99. The summed E-state index contributed by atoms with van der Waals surface area (Å²) in [5.41, 5.74) is 0.835. The summed E-state index contributed by atoms with van der Waals surface area (Å²) in [6.45, 7) is 2.68. The number of piperidine rings is 1. The van der Waals surface area contributed by atoms with Gasteiger partial charge in [-0.1, -0.05) is 19.3 Å². The minimum atomic E-state index is -0.241. The highest BCUT2D eigenvalue weighted by atomic mass is 32.1. The third-order valence-corrected chi connectivity index (χ3v) is 7.67. The lowest BCUT2D eigenvalue weighted by Gasteiger charge is -2.54. The first-order valence-corrected chi connectivity index (χ1v) is 10.4. The molecule has 1 saturated heterocycles. The summed E-state index contributed by atoms with van der Waals surface area (Å²) >= 11 is 1.64. The zero-order valence-corrected chi connectivity index (χ0v) is 15.4. The number of nitrogens with zero attached hydrogens (tertiary/aromatic N) is 2. The van der Waals surface area contributed by atoms with Gasteiger partial charge in [0.05, 0.1) is 16.8 Å². The molecule has 1 amide bonds. The van der Waals surface area contributed by atoms with Crippen molar-refractivity contribution in [3.8, 4) is 0 Å². The van der Waals surface area contributed by atoms with Crippen LogP contribution >= 0.6 is 11.3 Å². The van der Waals surface area contributed by atoms with Crippen molar-refractivity contribution in [2.24, 2.45) is 0 Å². The van der Waals surface area contributed by atoms with Crippen LogP contribution in [0.25, 0.3) is 0 Å². The number of rotatable bonds is 2. The van der Waals surface area contributed by atoms with Gasteiger partial charge < -0.3 is 10.0 Å². The molecule has 4 rings (SSSR count). The van der Waals surface area contributed by atoms with E-state index in [1.807, 2.05) is 6.92 Å². The third-order valence-electron chi connectivity index (χ3n) is 6.37. The summed E-state index contributed by atoms with van der Waals surface area (Å²) in [6.07, 6.45) is 10.9. The van der Waals surface area contributed by atoms with Crippen molar-refractivity contribution < 1.29 is 9.90 Å². The molecule has 3 fully saturated rings. The van der Waals surface area contributed by atoms with E-state index >= 15 is 0 Å². The number of carbonyl (C=O) groups excluding carboxylic acids is 1. The highest BCUT2D eigenvalue weighted by molar-refractivity contribution is 7.13. The van der Waals surface area contributed by atoms with E-state index in [2.05, 4.69) is 4.90 Å². The number of aliphatic hydroxyl groups excluding tert-OH is 1. The smallest absolute Gasteiger partial charge is 0.266 e. The van der Waals surface area contributed by atoms with Gasteiger partial charge in [0, 0.05) is 18.0 Å². The maximum absolute atomic E-state index is 13.2. The molecule has 1 N–H and O–H groups in total. The van der Waals surface area contributed by atoms with E-state index in [0.717, 1.165) is 29.8 Å². The number of likely N-dealkylation sites (tertiary alicyclic amines) is 1. The maximum atomic E-state index is 13.2. The molecular weight excluding hydrogens is 320 g/mol. The minimum absolute atomic E-state index is 0.0732. The van der Waals surface area contributed by atoms with Crippen LogP contribution in [0, 0.1) is 6.92 Å². The number of aliphatic hydroxyl groups is 1. The normalized spacial score (nSPS) is 27.2. The SMILES string of the molecule is Cc1nc(C2CCCCC2)sc1C(=O)N1CCC(O)CC12CCC2. The van der Waals surface area contributed by atoms with Gasteiger partial charge in [0.1, 0.15) is 4.88 Å². The van der Waals surface area contributed by atoms with E-state index in [4.69, 9.17) is 4.98 Å². The molecule has 0 bridgehead atoms. The molecule has 1 aromatic rings. The number of hydrogen-bond acceptors (Lipinski definition) is 4. The van der Waals surface area contributed by atoms with Gasteiger partial charge in [-0.15, -0.1) is 11.3 Å². The summed E-state index contributed by atoms with van der Waals surface area (Å²) < 4.78 is 0. The molecule has 0 radical (unpaired) electrons. The summed E-state index contributed by atoms with van der Waals surface area (Å²) in [6, 6.07) is 0. The fraction of sp³-hybridized carbons (Fsp3) is 0.789. The lowest BCUT2D eigenvalue weighted by atomic mass is 9.69. The monoisotopic (exact) mass is 348 g/mol. The predicted octanol–water partition coefficient (Wildman–Crippen LogP) is 4.02. The van der Waals surface area contributed by atoms with Crippen LogP contribution in [0.2, 0.25) is 0 Å². The Morgan fingerprint density at radius 3 is 2.62 bits per heavy atom. The Hall–Kier alpha value is -0.940. The number of hydrogen-bond donors (Lipinski definition) is 1. The second-order valence-corrected chi connectivity index (χ2v) is 9.01. The van der Waals surface area contributed by atoms with Crippen LogP contribution in [-0.2, 0) is 0 Å². The molecule has 5 heteroatoms. The minimum Gasteiger partial charge on any atom is -0.393 e. The van der Waals surface area contributed by atoms with Crippen molar-refractivity contribution in [1.29, 1.82) is 0 Å². The van der Waals surface area contributed by atoms with Gasteiger partial charge in [0.2, 0.25) is 0 Å². The second kappa shape index (κ2) is 6.41. The average molecular weight is 349 g/mol. The summed E-state index contributed by atoms with van der Waals surface area (Å²) in [5.74, 6) is 0.725. The second-order valence-electron chi connectivity index (χ2n) is 7.98. The molecule has 2 aliphatic carbocycles. The molecular formula is C19H28N2O2S. The molecule has 1 unspecified atom stereocenters. The molecule has 0 aromatic carbocycles. The largest absolute Gasteiger partial charge is 0.393 e. The molecule has 2 saturated carbocycles. The van der Waals surface area contributed by atoms with E-state index in [1.165, 1.54) is 43.5 Å². The Bertz CT molecular complexity index is 617. The first-order chi connectivity index (χ1) is 11.6. The molecule has 1 atom stereocenters. The van der Waals surface area contributed by atoms with Crippen LogP contribution in [0.15, 0.2) is 0 Å². The molecule has 1 aromatic heterocycles. The number of aryl methyl sites for hydroxylation is 1. The van der Waals surface area contributed by atoms with Gasteiger partial charge in [-0.3, -0.25) is 4.79 Å². The Kier molecular flexibility index (Phi) is 4.42. The number of amides is 1. The number of thiazole rings is 1. The highest BCUT2D eigenvalue weighted by Gasteiger charge is 2.49. The average Bonchev–Trinajstić information content (AvgIpc) is 2.95. The summed E-state index contributed by atoms with van der Waals surface area (Å²) in [5, 5.41) is 11.2. The van der Waals surface area contributed by atoms with E-state index < -0.39 is 0 Å². The molecule has 3 aliphatic rings. The quantitative estimate of drug-likeness (QED) is 0.878. The van der Waals surface area contributed by atoms with Gasteiger partial charge >= 0.3 is 0 Å². The van der Waals surface area contributed by atoms with Crippen molar-refractivity contribution in [3.05, 3.63) is 15.6 Å². The van der Waals surface area contributed by atoms with Crippen LogP contribution in [0.3, 0.4) is 0 Å². The van der Waals surface area contributed by atoms with E-state index in [1.54, 1.807) is 11.3 Å². The first-order valence-electron chi connectivity index (χ1n) is 9.56. The van der Waals surface area contributed by atoms with Crippen molar-refractivity contribution in [2.45, 2.75) is 88.7 Å². The topological polar surface area (TPSA) is 53.4 Å². The molecule has 4 nitrogen and oxygen atoms in total. The highest BCUT2D eigenvalue weighted by Crippen LogP contribution is 2.46. The number of carbonyl (C=O) groups is 1. The van der Waals surface area contributed by atoms with E-state index in [-0.39, 0.29) is 17.6 Å². The standard InChI is InChI=1S/C19H28N2O2S/c1-13-16(24-17(20-13)14-6-3-2-4-7-14)18(23)21-11-8-15(22)12-19(21)9-5-10-19/h14-15,22H,2-12H2,1H3. The van der Waals surface area contributed by atoms with Gasteiger partial charge in [-0.05, 0) is 51.9 Å². The Balaban J connectivity index is 1.56. The van der Waals surface area contributed by atoms with Crippen molar-refractivity contribution in [2.75, 3.05) is 6.54 Å². The van der Waals surface area contributed by atoms with Crippen molar-refractivity contribution >= 4 is 17.2 Å². The first kappa shape index (κ1) is 16.5. The molecule has 24 heavy (non-hydrogen) atoms. The van der Waals surface area contributed by atoms with Crippen LogP contribution in [0.4, 0.5) is 0 Å². The Morgan fingerprint density at radius 1 is 1.21 bits per heavy atom. The Morgan fingerprint density at radius 2 is 1.96 bits per heavy atom. The van der Waals surface area contributed by atoms with Gasteiger partial charge in [-0.2, -0.15) is 0 Å². The van der Waals surface area contributed by atoms with E-state index in [9.17, 15) is 9.90 Å². The van der Waals surface area contributed by atoms with Crippen LogP contribution < -0.4 is 0 Å². The van der Waals surface area contributed by atoms with Gasteiger partial charge in [0.15, 0.2) is 0 Å². The van der Waals surface area contributed by atoms with Gasteiger partial charge in [0.25, 0.3) is 5.91 Å². The van der Waals surface area contributed by atoms with Crippen molar-refractivity contribution in [1.82, 2.24) is 9.88 Å². The van der Waals surface area contributed by atoms with E-state index in [0.29, 0.717) is 18.9 Å². The maximum Gasteiger partial charge on any atom is 0.266 e. The summed E-state index contributed by atoms with van der Waals surface area (Å²) in [4.78, 5) is 20.9. The molecule has 1 aliphatic heterocycles. The third kappa shape index (κ3) is 2.80. The molecule has 132 valence electrons. The van der Waals surface area contributed by atoms with Crippen molar-refractivity contribution in [3.63, 3.8) is 0 Å². The summed E-state index contributed by atoms with van der Waals surface area (Å²) in [7, 11) is 0. The molecule has 1 spiro atoms. The lowest BCUT2D eigenvalue weighted by molar-refractivity contribution is -0.0482. The van der Waals surface area contributed by atoms with Crippen LogP contribution in [0.1, 0.15) is 90.5 Å². The Labute approximate surface area is 148 Å². The van der Waals surface area contributed by atoms with Crippen LogP contribution in [-0.4, -0.2) is 39.1 Å². The zero-order valence-electron chi connectivity index (χ0n) is 14.6. The van der Waals surface area contributed by atoms with Gasteiger partial charge in [-0.25, -0.2) is 4.98 Å². The fourth-order valence-electron chi connectivity index (χ4n) is 4.80. The molecule has 2 heterocycles. The zero-order chi connectivity index (χ0) is 16.7.